The van der Waals surface area contributed by atoms with Crippen molar-refractivity contribution in [3.8, 4) is 5.75 Å². The van der Waals surface area contributed by atoms with E-state index < -0.39 is 0 Å². The average Bonchev–Trinajstić information content (AvgIpc) is 2.32. The minimum absolute atomic E-state index is 0.0657. The molecule has 0 amide bonds. The molecule has 5 nitrogen and oxygen atoms in total. The van der Waals surface area contributed by atoms with Gasteiger partial charge in [0.25, 0.3) is 5.56 Å². The molecular weight excluding hydrogens is 232 g/mol. The molecule has 1 heterocycles. The van der Waals surface area contributed by atoms with E-state index in [2.05, 4.69) is 4.98 Å². The molecule has 1 aromatic carbocycles. The number of benzene rings is 1. The predicted molar refractivity (Wildman–Crippen MR) is 68.8 cm³/mol. The molecule has 0 unspecified atom stereocenters. The van der Waals surface area contributed by atoms with E-state index in [4.69, 9.17) is 5.11 Å². The molecule has 96 valence electrons. The van der Waals surface area contributed by atoms with Gasteiger partial charge in [-0.3, -0.25) is 9.36 Å². The van der Waals surface area contributed by atoms with Gasteiger partial charge < -0.3 is 10.2 Å². The van der Waals surface area contributed by atoms with Crippen molar-refractivity contribution in [1.29, 1.82) is 0 Å². The summed E-state index contributed by atoms with van der Waals surface area (Å²) in [5, 5.41) is 18.9. The lowest BCUT2D eigenvalue weighted by atomic mass is 10.1. The predicted octanol–water partition coefficient (Wildman–Crippen LogP) is 1.22. The Bertz CT molecular complexity index is 632. The molecule has 2 rings (SSSR count). The summed E-state index contributed by atoms with van der Waals surface area (Å²) in [5.41, 5.74) is 0.302. The van der Waals surface area contributed by atoms with E-state index in [-0.39, 0.29) is 30.4 Å². The number of nitrogens with zero attached hydrogens (tertiary/aromatic N) is 2. The van der Waals surface area contributed by atoms with Crippen LogP contribution in [-0.2, 0) is 6.54 Å². The third-order valence-electron chi connectivity index (χ3n) is 2.81. The number of aliphatic hydroxyl groups is 1. The molecule has 0 atom stereocenters. The Morgan fingerprint density at radius 3 is 2.72 bits per heavy atom. The second kappa shape index (κ2) is 4.78. The fourth-order valence-electron chi connectivity index (χ4n) is 1.98. The van der Waals surface area contributed by atoms with Gasteiger partial charge in [0.1, 0.15) is 11.6 Å². The van der Waals surface area contributed by atoms with E-state index >= 15 is 0 Å². The zero-order chi connectivity index (χ0) is 13.3. The van der Waals surface area contributed by atoms with E-state index in [1.807, 2.05) is 13.8 Å². The van der Waals surface area contributed by atoms with Crippen molar-refractivity contribution < 1.29 is 10.2 Å². The number of fused-ring (bicyclic) bond motifs is 1. The Morgan fingerprint density at radius 2 is 2.11 bits per heavy atom. The molecule has 2 aromatic rings. The first-order valence-electron chi connectivity index (χ1n) is 5.89. The van der Waals surface area contributed by atoms with Gasteiger partial charge in [0.05, 0.1) is 24.1 Å². The molecule has 0 bridgehead atoms. The first kappa shape index (κ1) is 12.6. The number of phenolic OH excluding ortho intramolecular Hbond substituents is 1. The molecule has 0 aliphatic heterocycles. The van der Waals surface area contributed by atoms with Crippen LogP contribution in [0.4, 0.5) is 0 Å². The third kappa shape index (κ3) is 2.09. The highest BCUT2D eigenvalue weighted by atomic mass is 16.3. The first-order valence-corrected chi connectivity index (χ1v) is 5.89. The second-order valence-electron chi connectivity index (χ2n) is 4.51. The van der Waals surface area contributed by atoms with E-state index in [0.717, 1.165) is 0 Å². The summed E-state index contributed by atoms with van der Waals surface area (Å²) in [6, 6.07) is 4.49. The highest BCUT2D eigenvalue weighted by molar-refractivity contribution is 5.79. The van der Waals surface area contributed by atoms with Gasteiger partial charge in [-0.05, 0) is 12.1 Å². The molecule has 5 heteroatoms. The van der Waals surface area contributed by atoms with Crippen molar-refractivity contribution >= 4 is 10.9 Å². The smallest absolute Gasteiger partial charge is 0.261 e. The Labute approximate surface area is 104 Å². The van der Waals surface area contributed by atoms with E-state index in [1.54, 1.807) is 6.07 Å². The minimum atomic E-state index is -0.183. The largest absolute Gasteiger partial charge is 0.508 e. The topological polar surface area (TPSA) is 75.4 Å². The van der Waals surface area contributed by atoms with Crippen molar-refractivity contribution in [2.24, 2.45) is 0 Å². The molecule has 0 aliphatic rings. The van der Waals surface area contributed by atoms with Crippen molar-refractivity contribution in [2.75, 3.05) is 6.61 Å². The Morgan fingerprint density at radius 1 is 1.39 bits per heavy atom. The van der Waals surface area contributed by atoms with Crippen LogP contribution in [0.25, 0.3) is 10.9 Å². The fourth-order valence-corrected chi connectivity index (χ4v) is 1.98. The quantitative estimate of drug-likeness (QED) is 0.856. The van der Waals surface area contributed by atoms with Crippen LogP contribution in [0.3, 0.4) is 0 Å². The normalized spacial score (nSPS) is 11.3. The molecule has 0 aliphatic carbocycles. The Hall–Kier alpha value is -1.88. The summed E-state index contributed by atoms with van der Waals surface area (Å²) in [6.45, 7) is 4.00. The zero-order valence-electron chi connectivity index (χ0n) is 10.4. The van der Waals surface area contributed by atoms with Gasteiger partial charge >= 0.3 is 0 Å². The van der Waals surface area contributed by atoms with Gasteiger partial charge in [0.2, 0.25) is 0 Å². The van der Waals surface area contributed by atoms with Crippen molar-refractivity contribution in [2.45, 2.75) is 26.3 Å². The van der Waals surface area contributed by atoms with Crippen LogP contribution in [0.15, 0.2) is 23.0 Å². The molecule has 18 heavy (non-hydrogen) atoms. The Balaban J connectivity index is 2.81. The van der Waals surface area contributed by atoms with Crippen LogP contribution < -0.4 is 5.56 Å². The van der Waals surface area contributed by atoms with E-state index in [1.165, 1.54) is 16.7 Å². The summed E-state index contributed by atoms with van der Waals surface area (Å²) < 4.78 is 1.49. The lowest BCUT2D eigenvalue weighted by Crippen LogP contribution is -2.27. The van der Waals surface area contributed by atoms with Gasteiger partial charge in [-0.15, -0.1) is 0 Å². The molecule has 0 saturated carbocycles. The fraction of sp³-hybridized carbons (Fsp3) is 0.385. The maximum Gasteiger partial charge on any atom is 0.261 e. The van der Waals surface area contributed by atoms with E-state index in [9.17, 15) is 9.90 Å². The summed E-state index contributed by atoms with van der Waals surface area (Å²) >= 11 is 0. The average molecular weight is 248 g/mol. The van der Waals surface area contributed by atoms with Crippen molar-refractivity contribution in [1.82, 2.24) is 9.55 Å². The van der Waals surface area contributed by atoms with Gasteiger partial charge in [-0.25, -0.2) is 4.98 Å². The maximum absolute atomic E-state index is 12.3. The Kier molecular flexibility index (Phi) is 3.34. The summed E-state index contributed by atoms with van der Waals surface area (Å²) in [4.78, 5) is 16.7. The van der Waals surface area contributed by atoms with Gasteiger partial charge in [0.15, 0.2) is 0 Å². The lowest BCUT2D eigenvalue weighted by Gasteiger charge is -2.14. The van der Waals surface area contributed by atoms with Crippen LogP contribution >= 0.6 is 0 Å². The third-order valence-corrected chi connectivity index (χ3v) is 2.81. The minimum Gasteiger partial charge on any atom is -0.508 e. The van der Waals surface area contributed by atoms with Gasteiger partial charge in [0, 0.05) is 12.0 Å². The number of aromatic nitrogens is 2. The van der Waals surface area contributed by atoms with E-state index in [0.29, 0.717) is 16.7 Å². The van der Waals surface area contributed by atoms with Crippen LogP contribution in [0.5, 0.6) is 5.75 Å². The molecule has 0 saturated heterocycles. The number of aromatic hydroxyl groups is 1. The lowest BCUT2D eigenvalue weighted by molar-refractivity contribution is 0.271. The van der Waals surface area contributed by atoms with Crippen LogP contribution in [0.1, 0.15) is 25.6 Å². The maximum atomic E-state index is 12.3. The molecule has 0 radical (unpaired) electrons. The SMILES string of the molecule is CC(C)c1nc2cc(O)ccc2c(=O)n1CCO. The number of hydrogen-bond donors (Lipinski definition) is 2. The molecule has 2 N–H and O–H groups in total. The number of aliphatic hydroxyl groups excluding tert-OH is 1. The van der Waals surface area contributed by atoms with Crippen LogP contribution in [0, 0.1) is 0 Å². The van der Waals surface area contributed by atoms with Crippen LogP contribution in [-0.4, -0.2) is 26.4 Å². The van der Waals surface area contributed by atoms with Gasteiger partial charge in [-0.2, -0.15) is 0 Å². The molecule has 0 spiro atoms. The first-order chi connectivity index (χ1) is 8.54. The summed E-state index contributed by atoms with van der Waals surface area (Å²) in [6.07, 6.45) is 0. The van der Waals surface area contributed by atoms with Crippen molar-refractivity contribution in [3.05, 3.63) is 34.4 Å². The van der Waals surface area contributed by atoms with Gasteiger partial charge in [-0.1, -0.05) is 13.8 Å². The second-order valence-corrected chi connectivity index (χ2v) is 4.51. The highest BCUT2D eigenvalue weighted by Gasteiger charge is 2.13. The summed E-state index contributed by atoms with van der Waals surface area (Å²) in [7, 11) is 0. The molecule has 1 aromatic heterocycles. The standard InChI is InChI=1S/C13H16N2O3/c1-8(2)12-14-11-7-9(17)3-4-10(11)13(18)15(12)5-6-16/h3-4,7-8,16-17H,5-6H2,1-2H3. The zero-order valence-corrected chi connectivity index (χ0v) is 10.4. The highest BCUT2D eigenvalue weighted by Crippen LogP contribution is 2.18. The number of hydrogen-bond acceptors (Lipinski definition) is 4. The van der Waals surface area contributed by atoms with Crippen LogP contribution in [0.2, 0.25) is 0 Å². The van der Waals surface area contributed by atoms with Crippen molar-refractivity contribution in [3.63, 3.8) is 0 Å². The number of rotatable bonds is 3. The summed E-state index contributed by atoms with van der Waals surface area (Å²) in [5.74, 6) is 0.771. The monoisotopic (exact) mass is 248 g/mol. The number of phenols is 1. The molecular formula is C13H16N2O3. The molecule has 0 fully saturated rings.